The monoisotopic (exact) mass is 407 g/mol. The Morgan fingerprint density at radius 2 is 1.90 bits per heavy atom. The number of nitrogens with zero attached hydrogens (tertiary/aromatic N) is 1. The topological polar surface area (TPSA) is 73.8 Å². The van der Waals surface area contributed by atoms with E-state index in [4.69, 9.17) is 4.74 Å². The van der Waals surface area contributed by atoms with Gasteiger partial charge in [0.15, 0.2) is 5.60 Å². The van der Waals surface area contributed by atoms with Gasteiger partial charge in [0.2, 0.25) is 0 Å². The van der Waals surface area contributed by atoms with E-state index in [0.29, 0.717) is 24.3 Å². The largest absolute Gasteiger partial charge is 0.507 e. The quantitative estimate of drug-likeness (QED) is 0.690. The first-order chi connectivity index (χ1) is 14.1. The van der Waals surface area contributed by atoms with Crippen LogP contribution in [0.5, 0.6) is 11.5 Å². The number of carbonyl (C=O) groups excluding carboxylic acids is 1. The van der Waals surface area contributed by atoms with Crippen molar-refractivity contribution in [1.82, 2.24) is 10.5 Å². The van der Waals surface area contributed by atoms with E-state index < -0.39 is 5.60 Å². The molecule has 0 saturated heterocycles. The second kappa shape index (κ2) is 6.97. The van der Waals surface area contributed by atoms with Crippen molar-refractivity contribution in [3.63, 3.8) is 0 Å². The Balaban J connectivity index is 1.55. The number of phenols is 1. The second-order valence-corrected chi connectivity index (χ2v) is 8.65. The van der Waals surface area contributed by atoms with Crippen molar-refractivity contribution in [3.05, 3.63) is 57.3 Å². The highest BCUT2D eigenvalue weighted by molar-refractivity contribution is 5.86. The summed E-state index contributed by atoms with van der Waals surface area (Å²) in [6.07, 6.45) is 4.99. The van der Waals surface area contributed by atoms with Crippen molar-refractivity contribution in [1.29, 1.82) is 0 Å². The fourth-order valence-electron chi connectivity index (χ4n) is 4.31. The molecule has 6 heteroatoms. The molecule has 0 aromatic heterocycles. The van der Waals surface area contributed by atoms with Crippen LogP contribution in [0.4, 0.5) is 5.69 Å². The molecule has 0 saturated carbocycles. The number of aryl methyl sites for hydroxylation is 2. The molecule has 2 aromatic carbocycles. The number of amides is 1. The van der Waals surface area contributed by atoms with Gasteiger partial charge in [-0.1, -0.05) is 6.07 Å². The highest BCUT2D eigenvalue weighted by Crippen LogP contribution is 2.43. The number of nitrogens with one attached hydrogen (secondary N) is 2. The minimum absolute atomic E-state index is 0.221. The van der Waals surface area contributed by atoms with Gasteiger partial charge in [-0.05, 0) is 87.9 Å². The lowest BCUT2D eigenvalue weighted by atomic mass is 9.87. The van der Waals surface area contributed by atoms with Crippen LogP contribution < -0.4 is 15.6 Å². The number of hydrazine groups is 2. The lowest BCUT2D eigenvalue weighted by molar-refractivity contribution is -0.140. The highest BCUT2D eigenvalue weighted by Gasteiger charge is 2.41. The van der Waals surface area contributed by atoms with E-state index in [1.165, 1.54) is 5.56 Å². The molecule has 0 fully saturated rings. The molecule has 2 aliphatic heterocycles. The van der Waals surface area contributed by atoms with E-state index >= 15 is 0 Å². The Morgan fingerprint density at radius 1 is 1.17 bits per heavy atom. The molecule has 0 spiro atoms. The van der Waals surface area contributed by atoms with Crippen LogP contribution in [0.25, 0.3) is 6.08 Å². The zero-order chi connectivity index (χ0) is 21.8. The summed E-state index contributed by atoms with van der Waals surface area (Å²) in [7, 11) is 0. The van der Waals surface area contributed by atoms with Crippen LogP contribution in [-0.2, 0) is 11.2 Å². The van der Waals surface area contributed by atoms with Crippen LogP contribution in [0.2, 0.25) is 0 Å². The molecular weight excluding hydrogens is 378 g/mol. The smallest absolute Gasteiger partial charge is 0.283 e. The van der Waals surface area contributed by atoms with Gasteiger partial charge in [0.25, 0.3) is 5.91 Å². The third-order valence-corrected chi connectivity index (χ3v) is 6.38. The maximum absolute atomic E-state index is 13.2. The van der Waals surface area contributed by atoms with E-state index in [2.05, 4.69) is 36.8 Å². The minimum Gasteiger partial charge on any atom is -0.507 e. The third kappa shape index (κ3) is 3.16. The molecular formula is C24H29N3O3. The summed E-state index contributed by atoms with van der Waals surface area (Å²) in [5.74, 6) is 0.807. The van der Waals surface area contributed by atoms with E-state index in [0.717, 1.165) is 39.1 Å². The lowest BCUT2D eigenvalue weighted by Crippen LogP contribution is -2.56. The summed E-state index contributed by atoms with van der Waals surface area (Å²) in [5.41, 5.74) is 13.0. The van der Waals surface area contributed by atoms with Crippen molar-refractivity contribution in [2.24, 2.45) is 0 Å². The van der Waals surface area contributed by atoms with E-state index in [-0.39, 0.29) is 5.91 Å². The van der Waals surface area contributed by atoms with Gasteiger partial charge in [-0.25, -0.2) is 10.5 Å². The summed E-state index contributed by atoms with van der Waals surface area (Å²) in [4.78, 5) is 13.2. The first-order valence-electron chi connectivity index (χ1n) is 10.3. The number of aromatic hydroxyl groups is 1. The maximum Gasteiger partial charge on any atom is 0.283 e. The van der Waals surface area contributed by atoms with Gasteiger partial charge in [0.1, 0.15) is 11.5 Å². The van der Waals surface area contributed by atoms with E-state index in [1.54, 1.807) is 11.3 Å². The normalized spacial score (nSPS) is 19.5. The summed E-state index contributed by atoms with van der Waals surface area (Å²) < 4.78 is 6.28. The van der Waals surface area contributed by atoms with Gasteiger partial charge in [-0.15, -0.1) is 0 Å². The molecule has 6 nitrogen and oxygen atoms in total. The molecule has 1 unspecified atom stereocenters. The number of hydrogen-bond acceptors (Lipinski definition) is 5. The average molecular weight is 408 g/mol. The van der Waals surface area contributed by atoms with Gasteiger partial charge in [-0.2, -0.15) is 0 Å². The van der Waals surface area contributed by atoms with Crippen molar-refractivity contribution >= 4 is 17.7 Å². The number of ether oxygens (including phenoxy) is 1. The Kier molecular flexibility index (Phi) is 4.68. The summed E-state index contributed by atoms with van der Waals surface area (Å²) in [6, 6.07) is 4.19. The van der Waals surface area contributed by atoms with Crippen LogP contribution in [0.3, 0.4) is 0 Å². The molecule has 3 N–H and O–H groups in total. The van der Waals surface area contributed by atoms with Crippen LogP contribution in [0, 0.1) is 34.6 Å². The number of rotatable bonds is 2. The molecule has 2 heterocycles. The number of carbonyl (C=O) groups is 1. The molecule has 0 aliphatic carbocycles. The van der Waals surface area contributed by atoms with Gasteiger partial charge in [0.05, 0.1) is 5.69 Å². The molecule has 1 atom stereocenters. The zero-order valence-electron chi connectivity index (χ0n) is 18.4. The summed E-state index contributed by atoms with van der Waals surface area (Å²) in [5, 5.41) is 11.9. The molecule has 158 valence electrons. The Morgan fingerprint density at radius 3 is 2.63 bits per heavy atom. The average Bonchev–Trinajstić information content (AvgIpc) is 2.70. The third-order valence-electron chi connectivity index (χ3n) is 6.38. The Labute approximate surface area is 177 Å². The molecule has 0 bridgehead atoms. The predicted molar refractivity (Wildman–Crippen MR) is 118 cm³/mol. The summed E-state index contributed by atoms with van der Waals surface area (Å²) in [6.45, 7) is 11.6. The second-order valence-electron chi connectivity index (χ2n) is 8.65. The van der Waals surface area contributed by atoms with Crippen LogP contribution >= 0.6 is 0 Å². The van der Waals surface area contributed by atoms with E-state index in [9.17, 15) is 9.90 Å². The van der Waals surface area contributed by atoms with Crippen molar-refractivity contribution < 1.29 is 14.6 Å². The zero-order valence-corrected chi connectivity index (χ0v) is 18.4. The SMILES string of the molecule is Cc1cc(C)c2c(c1)NN(NC(=O)C1(C)CCc3c(C)c(O)c(C)c(C)c3O1)C=C2. The molecule has 2 aromatic rings. The molecule has 30 heavy (non-hydrogen) atoms. The molecule has 2 aliphatic rings. The number of anilines is 1. The number of fused-ring (bicyclic) bond motifs is 2. The molecule has 0 radical (unpaired) electrons. The first kappa shape index (κ1) is 20.1. The Hall–Kier alpha value is -3.15. The summed E-state index contributed by atoms with van der Waals surface area (Å²) >= 11 is 0. The Bertz CT molecular complexity index is 1090. The van der Waals surface area contributed by atoms with E-state index in [1.807, 2.05) is 33.8 Å². The standard InChI is InChI=1S/C24H29N3O3/c1-13-11-14(2)18-8-10-27(25-20(18)12-13)26-23(29)24(6)9-7-19-17(5)21(28)15(3)16(4)22(19)30-24/h8,10-12,25,28H,7,9H2,1-6H3,(H,26,29). The maximum atomic E-state index is 13.2. The van der Waals surface area contributed by atoms with Gasteiger partial charge < -0.3 is 9.84 Å². The first-order valence-corrected chi connectivity index (χ1v) is 10.3. The minimum atomic E-state index is -1.01. The molecule has 4 rings (SSSR count). The van der Waals surface area contributed by atoms with Gasteiger partial charge in [0, 0.05) is 23.7 Å². The van der Waals surface area contributed by atoms with Crippen LogP contribution in [-0.4, -0.2) is 21.7 Å². The van der Waals surface area contributed by atoms with Crippen LogP contribution in [0.1, 0.15) is 52.3 Å². The number of benzene rings is 2. The fraction of sp³-hybridized carbons (Fsp3) is 0.375. The number of phenolic OH excluding ortho intramolecular Hbond substituents is 1. The van der Waals surface area contributed by atoms with Crippen molar-refractivity contribution in [2.75, 3.05) is 5.43 Å². The lowest BCUT2D eigenvalue weighted by Gasteiger charge is -2.38. The fourth-order valence-corrected chi connectivity index (χ4v) is 4.31. The highest BCUT2D eigenvalue weighted by atomic mass is 16.5. The molecule has 1 amide bonds. The van der Waals surface area contributed by atoms with Crippen molar-refractivity contribution in [3.8, 4) is 11.5 Å². The van der Waals surface area contributed by atoms with Crippen LogP contribution in [0.15, 0.2) is 18.3 Å². The van der Waals surface area contributed by atoms with Crippen molar-refractivity contribution in [2.45, 2.75) is 60.0 Å². The van der Waals surface area contributed by atoms with Gasteiger partial charge >= 0.3 is 0 Å². The van der Waals surface area contributed by atoms with Gasteiger partial charge in [-0.3, -0.25) is 10.2 Å². The number of hydrogen-bond donors (Lipinski definition) is 3. The predicted octanol–water partition coefficient (Wildman–Crippen LogP) is 4.36.